The number of hydrogen-bond donors (Lipinski definition) is 1. The molecular weight excluding hydrogens is 332 g/mol. The zero-order chi connectivity index (χ0) is 18.1. The average molecular weight is 350 g/mol. The van der Waals surface area contributed by atoms with Crippen LogP contribution in [0.3, 0.4) is 0 Å². The molecule has 1 aliphatic heterocycles. The number of aryl methyl sites for hydroxylation is 1. The van der Waals surface area contributed by atoms with Crippen LogP contribution in [0, 0.1) is 0 Å². The van der Waals surface area contributed by atoms with Crippen LogP contribution in [-0.4, -0.2) is 37.7 Å². The number of carbonyl (C=O) groups excluding carboxylic acids is 1. The third kappa shape index (κ3) is 2.90. The molecule has 4 heterocycles. The largest absolute Gasteiger partial charge is 0.481 e. The van der Waals surface area contributed by atoms with Gasteiger partial charge in [0.1, 0.15) is 23.0 Å². The van der Waals surface area contributed by atoms with Crippen molar-refractivity contribution in [3.63, 3.8) is 0 Å². The van der Waals surface area contributed by atoms with Crippen molar-refractivity contribution in [3.05, 3.63) is 47.9 Å². The summed E-state index contributed by atoms with van der Waals surface area (Å²) in [6.45, 7) is 2.14. The summed E-state index contributed by atoms with van der Waals surface area (Å²) in [7, 11) is 1.51. The van der Waals surface area contributed by atoms with Gasteiger partial charge in [0, 0.05) is 18.5 Å². The maximum Gasteiger partial charge on any atom is 0.275 e. The fourth-order valence-corrected chi connectivity index (χ4v) is 3.06. The lowest BCUT2D eigenvalue weighted by Crippen LogP contribution is -2.15. The van der Waals surface area contributed by atoms with E-state index in [1.165, 1.54) is 7.11 Å². The molecular formula is C18H18N6O2. The zero-order valence-corrected chi connectivity index (χ0v) is 14.5. The first-order valence-electron chi connectivity index (χ1n) is 8.39. The predicted octanol–water partition coefficient (Wildman–Crippen LogP) is 2.50. The number of anilines is 1. The quantitative estimate of drug-likeness (QED) is 0.777. The summed E-state index contributed by atoms with van der Waals surface area (Å²) >= 11 is 0. The smallest absolute Gasteiger partial charge is 0.275 e. The van der Waals surface area contributed by atoms with Crippen LogP contribution in [0.1, 0.15) is 35.7 Å². The van der Waals surface area contributed by atoms with Gasteiger partial charge in [-0.2, -0.15) is 0 Å². The number of nitrogens with one attached hydrogen (secondary N) is 1. The van der Waals surface area contributed by atoms with Gasteiger partial charge in [-0.1, -0.05) is 12.1 Å². The van der Waals surface area contributed by atoms with E-state index < -0.39 is 0 Å². The molecule has 1 amide bonds. The number of hydrogen-bond acceptors (Lipinski definition) is 6. The van der Waals surface area contributed by atoms with Crippen molar-refractivity contribution >= 4 is 11.7 Å². The van der Waals surface area contributed by atoms with E-state index in [1.807, 2.05) is 12.1 Å². The average Bonchev–Trinajstić information content (AvgIpc) is 3.25. The number of carbonyl (C=O) groups is 1. The summed E-state index contributed by atoms with van der Waals surface area (Å²) in [5.41, 5.74) is 0.933. The molecule has 0 unspecified atom stereocenters. The Hall–Kier alpha value is -3.29. The molecule has 0 spiro atoms. The molecule has 0 fully saturated rings. The third-order valence-electron chi connectivity index (χ3n) is 4.38. The first kappa shape index (κ1) is 16.2. The summed E-state index contributed by atoms with van der Waals surface area (Å²) in [6, 6.07) is 10.8. The molecule has 3 aromatic heterocycles. The van der Waals surface area contributed by atoms with Crippen LogP contribution in [0.25, 0.3) is 11.5 Å². The van der Waals surface area contributed by atoms with Crippen LogP contribution in [0.2, 0.25) is 0 Å². The van der Waals surface area contributed by atoms with Gasteiger partial charge in [-0.25, -0.2) is 9.97 Å². The highest BCUT2D eigenvalue weighted by Gasteiger charge is 2.25. The molecule has 8 nitrogen and oxygen atoms in total. The normalized spacial score (nSPS) is 15.5. The summed E-state index contributed by atoms with van der Waals surface area (Å²) in [4.78, 5) is 21.1. The monoisotopic (exact) mass is 350 g/mol. The van der Waals surface area contributed by atoms with E-state index in [1.54, 1.807) is 24.3 Å². The van der Waals surface area contributed by atoms with Crippen molar-refractivity contribution < 1.29 is 9.53 Å². The van der Waals surface area contributed by atoms with Gasteiger partial charge < -0.3 is 14.6 Å². The maximum absolute atomic E-state index is 12.4. The van der Waals surface area contributed by atoms with Crippen molar-refractivity contribution in [2.24, 2.45) is 0 Å². The predicted molar refractivity (Wildman–Crippen MR) is 95.0 cm³/mol. The van der Waals surface area contributed by atoms with Crippen molar-refractivity contribution in [2.75, 3.05) is 12.4 Å². The number of ether oxygens (including phenoxy) is 1. The van der Waals surface area contributed by atoms with Crippen molar-refractivity contribution in [3.8, 4) is 17.4 Å². The lowest BCUT2D eigenvalue weighted by Gasteiger charge is -2.10. The Bertz CT molecular complexity index is 968. The molecule has 0 bridgehead atoms. The van der Waals surface area contributed by atoms with Gasteiger partial charge in [-0.3, -0.25) is 4.79 Å². The molecule has 1 aliphatic rings. The highest BCUT2D eigenvalue weighted by molar-refractivity contribution is 6.02. The second-order valence-corrected chi connectivity index (χ2v) is 6.12. The second-order valence-electron chi connectivity index (χ2n) is 6.12. The lowest BCUT2D eigenvalue weighted by molar-refractivity contribution is 0.102. The van der Waals surface area contributed by atoms with Crippen molar-refractivity contribution in [1.82, 2.24) is 24.7 Å². The topological polar surface area (TPSA) is 94.8 Å². The van der Waals surface area contributed by atoms with Gasteiger partial charge in [0.25, 0.3) is 5.91 Å². The minimum atomic E-state index is -0.353. The van der Waals surface area contributed by atoms with E-state index in [0.29, 0.717) is 23.4 Å². The SMILES string of the molecule is COc1cccc(C(=O)Nc2cccc(-c3nnc4n3[C@@H](C)CC4)n2)n1. The molecule has 0 saturated heterocycles. The first-order chi connectivity index (χ1) is 12.7. The number of amides is 1. The number of fused-ring (bicyclic) bond motifs is 1. The number of pyridine rings is 2. The second kappa shape index (κ2) is 6.55. The van der Waals surface area contributed by atoms with Crippen LogP contribution in [0.4, 0.5) is 5.82 Å². The number of nitrogens with zero attached hydrogens (tertiary/aromatic N) is 5. The first-order valence-corrected chi connectivity index (χ1v) is 8.39. The molecule has 0 saturated carbocycles. The van der Waals surface area contributed by atoms with E-state index in [9.17, 15) is 4.79 Å². The summed E-state index contributed by atoms with van der Waals surface area (Å²) in [5.74, 6) is 2.16. The highest BCUT2D eigenvalue weighted by atomic mass is 16.5. The van der Waals surface area contributed by atoms with Crippen molar-refractivity contribution in [1.29, 1.82) is 0 Å². The van der Waals surface area contributed by atoms with Crippen LogP contribution in [-0.2, 0) is 6.42 Å². The summed E-state index contributed by atoms with van der Waals surface area (Å²) in [6.07, 6.45) is 1.97. The van der Waals surface area contributed by atoms with E-state index in [0.717, 1.165) is 24.5 Å². The summed E-state index contributed by atoms with van der Waals surface area (Å²) in [5, 5.41) is 11.3. The maximum atomic E-state index is 12.4. The van der Waals surface area contributed by atoms with E-state index in [4.69, 9.17) is 4.74 Å². The van der Waals surface area contributed by atoms with E-state index >= 15 is 0 Å². The fourth-order valence-electron chi connectivity index (χ4n) is 3.06. The Labute approximate surface area is 150 Å². The molecule has 1 atom stereocenters. The van der Waals surface area contributed by atoms with Crippen LogP contribution in [0.15, 0.2) is 36.4 Å². The van der Waals surface area contributed by atoms with E-state index in [-0.39, 0.29) is 11.6 Å². The van der Waals surface area contributed by atoms with Gasteiger partial charge in [0.2, 0.25) is 5.88 Å². The number of rotatable bonds is 4. The van der Waals surface area contributed by atoms with Crippen LogP contribution >= 0.6 is 0 Å². The summed E-state index contributed by atoms with van der Waals surface area (Å²) < 4.78 is 7.16. The van der Waals surface area contributed by atoms with Crippen LogP contribution in [0.5, 0.6) is 5.88 Å². The Morgan fingerprint density at radius 2 is 2.04 bits per heavy atom. The molecule has 132 valence electrons. The molecule has 1 N–H and O–H groups in total. The Balaban J connectivity index is 1.59. The molecule has 4 rings (SSSR count). The van der Waals surface area contributed by atoms with Crippen molar-refractivity contribution in [2.45, 2.75) is 25.8 Å². The number of aromatic nitrogens is 5. The molecule has 3 aromatic rings. The number of methoxy groups -OCH3 is 1. The van der Waals surface area contributed by atoms with Crippen LogP contribution < -0.4 is 10.1 Å². The minimum absolute atomic E-state index is 0.258. The molecule has 26 heavy (non-hydrogen) atoms. The molecule has 0 aliphatic carbocycles. The van der Waals surface area contributed by atoms with Gasteiger partial charge >= 0.3 is 0 Å². The Kier molecular flexibility index (Phi) is 4.08. The molecule has 0 aromatic carbocycles. The molecule has 8 heteroatoms. The Morgan fingerprint density at radius 3 is 2.88 bits per heavy atom. The lowest BCUT2D eigenvalue weighted by atomic mass is 10.2. The van der Waals surface area contributed by atoms with Gasteiger partial charge in [-0.05, 0) is 31.5 Å². The van der Waals surface area contributed by atoms with Gasteiger partial charge in [0.15, 0.2) is 5.82 Å². The van der Waals surface area contributed by atoms with Gasteiger partial charge in [0.05, 0.1) is 7.11 Å². The minimum Gasteiger partial charge on any atom is -0.481 e. The molecule has 0 radical (unpaired) electrons. The van der Waals surface area contributed by atoms with E-state index in [2.05, 4.69) is 37.0 Å². The fraction of sp³-hybridized carbons (Fsp3) is 0.278. The third-order valence-corrected chi connectivity index (χ3v) is 4.38. The van der Waals surface area contributed by atoms with Gasteiger partial charge in [-0.15, -0.1) is 10.2 Å². The highest BCUT2D eigenvalue weighted by Crippen LogP contribution is 2.30. The zero-order valence-electron chi connectivity index (χ0n) is 14.5. The standard InChI is InChI=1S/C18H18N6O2/c1-11-9-10-15-22-23-17(24(11)15)12-5-3-7-14(19-12)21-18(25)13-6-4-8-16(20-13)26-2/h3-8,11H,9-10H2,1-2H3,(H,19,21,25)/t11-/m0/s1. The Morgan fingerprint density at radius 1 is 1.19 bits per heavy atom.